The number of methoxy groups -OCH3 is 1. The fourth-order valence-corrected chi connectivity index (χ4v) is 2.85. The number of halogens is 1. The predicted octanol–water partition coefficient (Wildman–Crippen LogP) is 5.39. The van der Waals surface area contributed by atoms with E-state index in [1.807, 2.05) is 6.07 Å². The molecular weight excluding hydrogens is 400 g/mol. The fraction of sp³-hybridized carbons (Fsp3) is 0.0417. The van der Waals surface area contributed by atoms with Crippen LogP contribution >= 0.6 is 11.6 Å². The summed E-state index contributed by atoms with van der Waals surface area (Å²) < 4.78 is 5.08. The number of nitrogens with one attached hydrogen (secondary N) is 1. The van der Waals surface area contributed by atoms with Gasteiger partial charge in [-0.3, -0.25) is 9.59 Å². The van der Waals surface area contributed by atoms with Gasteiger partial charge in [-0.2, -0.15) is 5.26 Å². The first-order chi connectivity index (χ1) is 14.5. The number of carbonyl (C=O) groups is 2. The summed E-state index contributed by atoms with van der Waals surface area (Å²) in [7, 11) is 1.54. The van der Waals surface area contributed by atoms with E-state index in [1.165, 1.54) is 13.2 Å². The van der Waals surface area contributed by atoms with Crippen LogP contribution in [0.3, 0.4) is 0 Å². The van der Waals surface area contributed by atoms with Gasteiger partial charge in [0.05, 0.1) is 7.11 Å². The molecule has 0 spiro atoms. The molecule has 3 rings (SSSR count). The molecule has 3 aromatic carbocycles. The van der Waals surface area contributed by atoms with Crippen LogP contribution in [0.4, 0.5) is 5.69 Å². The van der Waals surface area contributed by atoms with Gasteiger partial charge in [0.25, 0.3) is 5.91 Å². The highest BCUT2D eigenvalue weighted by atomic mass is 35.5. The molecule has 0 saturated heterocycles. The average Bonchev–Trinajstić information content (AvgIpc) is 2.77. The number of amides is 1. The second kappa shape index (κ2) is 9.55. The third kappa shape index (κ3) is 5.13. The zero-order valence-electron chi connectivity index (χ0n) is 16.1. The van der Waals surface area contributed by atoms with E-state index in [2.05, 4.69) is 5.32 Å². The standard InChI is InChI=1S/C24H17ClN2O3/c1-30-22-11-7-17(8-12-22)23(28)19(15-26)13-16-3-2-4-21(14-16)27-24(29)18-5-9-20(25)10-6-18/h2-14H,1H3,(H,27,29)/b19-13+. The molecule has 0 radical (unpaired) electrons. The molecule has 0 aliphatic carbocycles. The van der Waals surface area contributed by atoms with Crippen LogP contribution in [0.15, 0.2) is 78.4 Å². The highest BCUT2D eigenvalue weighted by Crippen LogP contribution is 2.19. The molecule has 0 aliphatic heterocycles. The minimum Gasteiger partial charge on any atom is -0.497 e. The molecule has 0 aromatic heterocycles. The van der Waals surface area contributed by atoms with E-state index in [1.54, 1.807) is 72.8 Å². The van der Waals surface area contributed by atoms with Gasteiger partial charge >= 0.3 is 0 Å². The lowest BCUT2D eigenvalue weighted by Gasteiger charge is -2.07. The Morgan fingerprint density at radius 3 is 2.30 bits per heavy atom. The number of ketones is 1. The van der Waals surface area contributed by atoms with E-state index in [0.29, 0.717) is 33.1 Å². The van der Waals surface area contributed by atoms with E-state index in [0.717, 1.165) is 0 Å². The lowest BCUT2D eigenvalue weighted by molar-refractivity contribution is 0.102. The summed E-state index contributed by atoms with van der Waals surface area (Å²) >= 11 is 5.85. The van der Waals surface area contributed by atoms with Gasteiger partial charge in [-0.1, -0.05) is 23.7 Å². The van der Waals surface area contributed by atoms with Crippen LogP contribution in [0, 0.1) is 11.3 Å². The van der Waals surface area contributed by atoms with Gasteiger partial charge in [-0.25, -0.2) is 0 Å². The number of rotatable bonds is 6. The third-order valence-electron chi connectivity index (χ3n) is 4.28. The topological polar surface area (TPSA) is 79.2 Å². The molecule has 1 N–H and O–H groups in total. The van der Waals surface area contributed by atoms with Crippen LogP contribution < -0.4 is 10.1 Å². The number of hydrogen-bond donors (Lipinski definition) is 1. The second-order valence-corrected chi connectivity index (χ2v) is 6.75. The van der Waals surface area contributed by atoms with E-state index < -0.39 is 5.78 Å². The number of benzene rings is 3. The van der Waals surface area contributed by atoms with Crippen LogP contribution in [-0.4, -0.2) is 18.8 Å². The first-order valence-electron chi connectivity index (χ1n) is 8.97. The molecule has 6 heteroatoms. The van der Waals surface area contributed by atoms with Crippen LogP contribution in [-0.2, 0) is 0 Å². The Hall–Kier alpha value is -3.88. The molecule has 5 nitrogen and oxygen atoms in total. The Labute approximate surface area is 179 Å². The van der Waals surface area contributed by atoms with Gasteiger partial charge in [-0.15, -0.1) is 0 Å². The normalized spacial score (nSPS) is 10.8. The minimum absolute atomic E-state index is 0.0126. The van der Waals surface area contributed by atoms with Gasteiger partial charge in [0, 0.05) is 21.8 Å². The highest BCUT2D eigenvalue weighted by molar-refractivity contribution is 6.30. The van der Waals surface area contributed by atoms with Gasteiger partial charge < -0.3 is 10.1 Å². The van der Waals surface area contributed by atoms with Gasteiger partial charge in [0.1, 0.15) is 17.4 Å². The number of anilines is 1. The molecule has 0 atom stereocenters. The Morgan fingerprint density at radius 1 is 1.00 bits per heavy atom. The lowest BCUT2D eigenvalue weighted by Crippen LogP contribution is -2.11. The molecule has 0 heterocycles. The number of nitriles is 1. The maximum atomic E-state index is 12.6. The Bertz CT molecular complexity index is 1140. The summed E-state index contributed by atoms with van der Waals surface area (Å²) in [6.45, 7) is 0. The van der Waals surface area contributed by atoms with Crippen LogP contribution in [0.5, 0.6) is 5.75 Å². The molecule has 1 amide bonds. The number of Topliss-reactive ketones (excluding diaryl/α,β-unsaturated/α-hetero) is 1. The zero-order chi connectivity index (χ0) is 21.5. The molecule has 0 aliphatic rings. The Morgan fingerprint density at radius 2 is 1.67 bits per heavy atom. The highest BCUT2D eigenvalue weighted by Gasteiger charge is 2.13. The summed E-state index contributed by atoms with van der Waals surface area (Å²) in [6.07, 6.45) is 1.49. The zero-order valence-corrected chi connectivity index (χ0v) is 16.8. The van der Waals surface area contributed by atoms with Crippen LogP contribution in [0.25, 0.3) is 6.08 Å². The summed E-state index contributed by atoms with van der Waals surface area (Å²) in [5.74, 6) is -0.0588. The smallest absolute Gasteiger partial charge is 0.255 e. The van der Waals surface area contributed by atoms with Gasteiger partial charge in [0.15, 0.2) is 0 Å². The SMILES string of the molecule is COc1ccc(C(=O)/C(C#N)=C/c2cccc(NC(=O)c3ccc(Cl)cc3)c2)cc1. The summed E-state index contributed by atoms with van der Waals surface area (Å²) in [4.78, 5) is 25.0. The van der Waals surface area contributed by atoms with Crippen LogP contribution in [0.1, 0.15) is 26.3 Å². The molecular formula is C24H17ClN2O3. The van der Waals surface area contributed by atoms with Crippen molar-refractivity contribution in [3.63, 3.8) is 0 Å². The average molecular weight is 417 g/mol. The summed E-state index contributed by atoms with van der Waals surface area (Å²) in [5.41, 5.74) is 1.99. The molecule has 30 heavy (non-hydrogen) atoms. The predicted molar refractivity (Wildman–Crippen MR) is 117 cm³/mol. The van der Waals surface area contributed by atoms with Crippen molar-refractivity contribution in [1.82, 2.24) is 0 Å². The fourth-order valence-electron chi connectivity index (χ4n) is 2.72. The van der Waals surface area contributed by atoms with Crippen molar-refractivity contribution >= 4 is 35.1 Å². The number of allylic oxidation sites excluding steroid dienone is 1. The number of ether oxygens (including phenoxy) is 1. The largest absolute Gasteiger partial charge is 0.497 e. The Balaban J connectivity index is 1.80. The number of nitrogens with zero attached hydrogens (tertiary/aromatic N) is 1. The summed E-state index contributed by atoms with van der Waals surface area (Å²) in [5, 5.41) is 12.8. The van der Waals surface area contributed by atoms with Crippen molar-refractivity contribution < 1.29 is 14.3 Å². The maximum absolute atomic E-state index is 12.6. The van der Waals surface area contributed by atoms with E-state index >= 15 is 0 Å². The molecule has 0 unspecified atom stereocenters. The van der Waals surface area contributed by atoms with Crippen LogP contribution in [0.2, 0.25) is 5.02 Å². The maximum Gasteiger partial charge on any atom is 0.255 e. The number of hydrogen-bond acceptors (Lipinski definition) is 4. The van der Waals surface area contributed by atoms with Crippen molar-refractivity contribution in [3.8, 4) is 11.8 Å². The lowest BCUT2D eigenvalue weighted by atomic mass is 10.0. The van der Waals surface area contributed by atoms with E-state index in [9.17, 15) is 14.9 Å². The minimum atomic E-state index is -0.393. The molecule has 0 fully saturated rings. The van der Waals surface area contributed by atoms with Gasteiger partial charge in [0.2, 0.25) is 5.78 Å². The van der Waals surface area contributed by atoms with Crippen molar-refractivity contribution in [1.29, 1.82) is 5.26 Å². The van der Waals surface area contributed by atoms with Crippen molar-refractivity contribution in [2.75, 3.05) is 12.4 Å². The monoisotopic (exact) mass is 416 g/mol. The molecule has 3 aromatic rings. The first kappa shape index (κ1) is 20.8. The second-order valence-electron chi connectivity index (χ2n) is 6.31. The summed E-state index contributed by atoms with van der Waals surface area (Å²) in [6, 6.07) is 21.9. The van der Waals surface area contributed by atoms with Gasteiger partial charge in [-0.05, 0) is 72.3 Å². The van der Waals surface area contributed by atoms with Crippen molar-refractivity contribution in [2.24, 2.45) is 0 Å². The third-order valence-corrected chi connectivity index (χ3v) is 4.53. The molecule has 0 bridgehead atoms. The van der Waals surface area contributed by atoms with Crippen molar-refractivity contribution in [3.05, 3.63) is 100 Å². The van der Waals surface area contributed by atoms with Crippen molar-refractivity contribution in [2.45, 2.75) is 0 Å². The quantitative estimate of drug-likeness (QED) is 0.332. The van der Waals surface area contributed by atoms with E-state index in [-0.39, 0.29) is 11.5 Å². The molecule has 148 valence electrons. The number of carbonyl (C=O) groups excluding carboxylic acids is 2. The first-order valence-corrected chi connectivity index (χ1v) is 9.35. The van der Waals surface area contributed by atoms with E-state index in [4.69, 9.17) is 16.3 Å². The Kier molecular flexibility index (Phi) is 6.63. The molecule has 0 saturated carbocycles.